The van der Waals surface area contributed by atoms with Gasteiger partial charge in [-0.25, -0.2) is 4.98 Å². The summed E-state index contributed by atoms with van der Waals surface area (Å²) in [5, 5.41) is 0. The Morgan fingerprint density at radius 2 is 2.21 bits per heavy atom. The van der Waals surface area contributed by atoms with E-state index in [0.29, 0.717) is 6.04 Å². The molecule has 0 aliphatic carbocycles. The number of hydrogen-bond acceptors (Lipinski definition) is 2. The molecule has 0 aliphatic rings. The maximum atomic E-state index is 6.02. The van der Waals surface area contributed by atoms with Crippen molar-refractivity contribution in [1.29, 1.82) is 0 Å². The average molecular weight is 195 g/mol. The molecule has 0 spiro atoms. The van der Waals surface area contributed by atoms with Crippen LogP contribution in [0.3, 0.4) is 0 Å². The van der Waals surface area contributed by atoms with Crippen molar-refractivity contribution in [2.45, 2.75) is 52.1 Å². The first kappa shape index (κ1) is 11.2. The van der Waals surface area contributed by atoms with Crippen molar-refractivity contribution in [3.8, 4) is 0 Å². The van der Waals surface area contributed by atoms with Crippen LogP contribution in [0.25, 0.3) is 0 Å². The number of aromatic nitrogens is 2. The van der Waals surface area contributed by atoms with Gasteiger partial charge in [-0.1, -0.05) is 13.8 Å². The first-order chi connectivity index (χ1) is 6.70. The summed E-state index contributed by atoms with van der Waals surface area (Å²) in [4.78, 5) is 4.35. The molecule has 0 amide bonds. The van der Waals surface area contributed by atoms with Crippen molar-refractivity contribution in [3.63, 3.8) is 0 Å². The van der Waals surface area contributed by atoms with Crippen molar-refractivity contribution in [2.24, 2.45) is 5.73 Å². The van der Waals surface area contributed by atoms with Gasteiger partial charge in [-0.2, -0.15) is 0 Å². The second kappa shape index (κ2) is 5.15. The van der Waals surface area contributed by atoms with Crippen molar-refractivity contribution in [1.82, 2.24) is 9.55 Å². The number of hydrogen-bond donors (Lipinski definition) is 1. The second-order valence-corrected chi connectivity index (χ2v) is 3.81. The first-order valence-corrected chi connectivity index (χ1v) is 5.48. The van der Waals surface area contributed by atoms with Crippen LogP contribution in [0, 0.1) is 0 Å². The van der Waals surface area contributed by atoms with E-state index < -0.39 is 0 Å². The average Bonchev–Trinajstić information content (AvgIpc) is 2.64. The third-order valence-electron chi connectivity index (χ3n) is 2.75. The zero-order valence-corrected chi connectivity index (χ0v) is 9.40. The molecule has 1 aromatic heterocycles. The Balaban J connectivity index is 2.77. The third-order valence-corrected chi connectivity index (χ3v) is 2.75. The lowest BCUT2D eigenvalue weighted by molar-refractivity contribution is 0.418. The molecule has 3 nitrogen and oxygen atoms in total. The van der Waals surface area contributed by atoms with Crippen LogP contribution in [-0.4, -0.2) is 15.6 Å². The van der Waals surface area contributed by atoms with E-state index in [4.69, 9.17) is 5.73 Å². The smallest absolute Gasteiger partial charge is 0.108 e. The van der Waals surface area contributed by atoms with Gasteiger partial charge in [0.2, 0.25) is 0 Å². The van der Waals surface area contributed by atoms with Crippen LogP contribution < -0.4 is 5.73 Å². The Labute approximate surface area is 86.3 Å². The quantitative estimate of drug-likeness (QED) is 0.782. The first-order valence-electron chi connectivity index (χ1n) is 5.48. The highest BCUT2D eigenvalue weighted by atomic mass is 15.1. The molecule has 1 rings (SSSR count). The van der Waals surface area contributed by atoms with Crippen LogP contribution in [0.15, 0.2) is 12.4 Å². The minimum Gasteiger partial charge on any atom is -0.331 e. The van der Waals surface area contributed by atoms with Gasteiger partial charge in [0, 0.05) is 30.9 Å². The zero-order chi connectivity index (χ0) is 10.6. The molecule has 0 aliphatic heterocycles. The largest absolute Gasteiger partial charge is 0.331 e. The van der Waals surface area contributed by atoms with E-state index in [0.717, 1.165) is 25.1 Å². The van der Waals surface area contributed by atoms with Crippen LogP contribution in [-0.2, 0) is 6.42 Å². The third kappa shape index (κ3) is 2.35. The van der Waals surface area contributed by atoms with Crippen LogP contribution in [0.5, 0.6) is 0 Å². The van der Waals surface area contributed by atoms with Crippen LogP contribution in [0.1, 0.15) is 45.5 Å². The molecular weight excluding hydrogens is 174 g/mol. The van der Waals surface area contributed by atoms with Gasteiger partial charge >= 0.3 is 0 Å². The Hall–Kier alpha value is -0.830. The number of nitrogens with two attached hydrogens (primary N) is 1. The molecule has 0 bridgehead atoms. The molecule has 0 radical (unpaired) electrons. The highest BCUT2D eigenvalue weighted by molar-refractivity contribution is 4.96. The zero-order valence-electron chi connectivity index (χ0n) is 9.40. The van der Waals surface area contributed by atoms with Gasteiger partial charge in [-0.15, -0.1) is 0 Å². The van der Waals surface area contributed by atoms with Gasteiger partial charge in [0.05, 0.1) is 0 Å². The summed E-state index contributed by atoms with van der Waals surface area (Å²) < 4.78 is 2.21. The fourth-order valence-electron chi connectivity index (χ4n) is 1.68. The van der Waals surface area contributed by atoms with Crippen LogP contribution >= 0.6 is 0 Å². The topological polar surface area (TPSA) is 43.8 Å². The lowest BCUT2D eigenvalue weighted by Crippen LogP contribution is -2.30. The van der Waals surface area contributed by atoms with Crippen molar-refractivity contribution >= 4 is 0 Å². The summed E-state index contributed by atoms with van der Waals surface area (Å²) in [5.74, 6) is 1.16. The summed E-state index contributed by atoms with van der Waals surface area (Å²) in [5.41, 5.74) is 6.02. The summed E-state index contributed by atoms with van der Waals surface area (Å²) in [6.45, 7) is 6.45. The Morgan fingerprint density at radius 3 is 2.79 bits per heavy atom. The number of aryl methyl sites for hydroxylation is 1. The lowest BCUT2D eigenvalue weighted by atomic mass is 10.1. The molecule has 1 heterocycles. The van der Waals surface area contributed by atoms with E-state index in [9.17, 15) is 0 Å². The molecule has 2 atom stereocenters. The van der Waals surface area contributed by atoms with Crippen LogP contribution in [0.2, 0.25) is 0 Å². The van der Waals surface area contributed by atoms with Gasteiger partial charge < -0.3 is 10.3 Å². The lowest BCUT2D eigenvalue weighted by Gasteiger charge is -2.21. The SMILES string of the molecule is CCCc1nccn1C(C)C(N)CC. The van der Waals surface area contributed by atoms with Crippen molar-refractivity contribution in [2.75, 3.05) is 0 Å². The molecule has 0 aromatic carbocycles. The molecule has 3 heteroatoms. The van der Waals surface area contributed by atoms with Gasteiger partial charge in [0.15, 0.2) is 0 Å². The van der Waals surface area contributed by atoms with E-state index in [1.165, 1.54) is 0 Å². The molecule has 2 N–H and O–H groups in total. The minimum atomic E-state index is 0.222. The van der Waals surface area contributed by atoms with E-state index in [-0.39, 0.29) is 6.04 Å². The molecule has 2 unspecified atom stereocenters. The van der Waals surface area contributed by atoms with Crippen molar-refractivity contribution < 1.29 is 0 Å². The molecule has 0 saturated carbocycles. The monoisotopic (exact) mass is 195 g/mol. The summed E-state index contributed by atoms with van der Waals surface area (Å²) in [6.07, 6.45) is 7.07. The fourth-order valence-corrected chi connectivity index (χ4v) is 1.68. The minimum absolute atomic E-state index is 0.222. The highest BCUT2D eigenvalue weighted by Crippen LogP contribution is 2.15. The van der Waals surface area contributed by atoms with E-state index >= 15 is 0 Å². The predicted octanol–water partition coefficient (Wildman–Crippen LogP) is 2.13. The van der Waals surface area contributed by atoms with Crippen molar-refractivity contribution in [3.05, 3.63) is 18.2 Å². The Kier molecular flexibility index (Phi) is 4.14. The van der Waals surface area contributed by atoms with E-state index in [1.807, 2.05) is 12.4 Å². The molecular formula is C11H21N3. The maximum absolute atomic E-state index is 6.02. The number of rotatable bonds is 5. The number of nitrogens with zero attached hydrogens (tertiary/aromatic N) is 2. The Morgan fingerprint density at radius 1 is 1.50 bits per heavy atom. The molecule has 0 fully saturated rings. The maximum Gasteiger partial charge on any atom is 0.108 e. The van der Waals surface area contributed by atoms with Crippen LogP contribution in [0.4, 0.5) is 0 Å². The molecule has 0 saturated heterocycles. The predicted molar refractivity (Wildman–Crippen MR) is 59.2 cm³/mol. The fraction of sp³-hybridized carbons (Fsp3) is 0.727. The molecule has 14 heavy (non-hydrogen) atoms. The normalized spacial score (nSPS) is 15.4. The highest BCUT2D eigenvalue weighted by Gasteiger charge is 2.14. The van der Waals surface area contributed by atoms with E-state index in [1.54, 1.807) is 0 Å². The summed E-state index contributed by atoms with van der Waals surface area (Å²) >= 11 is 0. The second-order valence-electron chi connectivity index (χ2n) is 3.81. The number of imidazole rings is 1. The van der Waals surface area contributed by atoms with Gasteiger partial charge in [-0.3, -0.25) is 0 Å². The molecule has 80 valence electrons. The van der Waals surface area contributed by atoms with Gasteiger partial charge in [-0.05, 0) is 19.8 Å². The summed E-state index contributed by atoms with van der Waals surface area (Å²) in [7, 11) is 0. The van der Waals surface area contributed by atoms with Gasteiger partial charge in [0.1, 0.15) is 5.82 Å². The van der Waals surface area contributed by atoms with Gasteiger partial charge in [0.25, 0.3) is 0 Å². The summed E-state index contributed by atoms with van der Waals surface area (Å²) in [6, 6.07) is 0.573. The molecule has 1 aromatic rings. The van der Waals surface area contributed by atoms with E-state index in [2.05, 4.69) is 30.3 Å². The Bertz CT molecular complexity index is 267. The standard InChI is InChI=1S/C11H21N3/c1-4-6-11-13-7-8-14(11)9(3)10(12)5-2/h7-10H,4-6,12H2,1-3H3.